The molecule has 1 aromatic heterocycles. The van der Waals surface area contributed by atoms with Gasteiger partial charge < -0.3 is 0 Å². The van der Waals surface area contributed by atoms with Crippen LogP contribution in [0.4, 0.5) is 0 Å². The highest BCUT2D eigenvalue weighted by Crippen LogP contribution is 2.26. The second-order valence-electron chi connectivity index (χ2n) is 2.93. The van der Waals surface area contributed by atoms with E-state index in [0.717, 1.165) is 12.0 Å². The van der Waals surface area contributed by atoms with Crippen LogP contribution in [0.3, 0.4) is 0 Å². The Bertz CT molecular complexity index is 476. The Morgan fingerprint density at radius 1 is 1.38 bits per heavy atom. The first kappa shape index (κ1) is 8.28. The van der Waals surface area contributed by atoms with E-state index in [0.29, 0.717) is 0 Å². The van der Waals surface area contributed by atoms with Gasteiger partial charge in [0.2, 0.25) is 0 Å². The van der Waals surface area contributed by atoms with Gasteiger partial charge >= 0.3 is 0 Å². The van der Waals surface area contributed by atoms with Gasteiger partial charge in [-0.15, -0.1) is 11.3 Å². The second kappa shape index (κ2) is 3.20. The van der Waals surface area contributed by atoms with Gasteiger partial charge in [0.05, 0.1) is 11.6 Å². The summed E-state index contributed by atoms with van der Waals surface area (Å²) >= 11 is 1.81. The molecule has 0 unspecified atom stereocenters. The van der Waals surface area contributed by atoms with Crippen molar-refractivity contribution in [2.45, 2.75) is 13.3 Å². The molecular formula is C11H9NS. The van der Waals surface area contributed by atoms with Gasteiger partial charge in [0.25, 0.3) is 0 Å². The molecule has 0 amide bonds. The van der Waals surface area contributed by atoms with Crippen LogP contribution in [0.5, 0.6) is 0 Å². The zero-order valence-electron chi connectivity index (χ0n) is 7.37. The second-order valence-corrected chi connectivity index (χ2v) is 4.10. The standard InChI is InChI=1S/C11H9NS/c1-2-10-6-9-5-8(7-12)3-4-11(9)13-10/h3-6H,2H2,1H3. The molecule has 64 valence electrons. The molecule has 0 aliphatic rings. The molecule has 0 saturated heterocycles. The largest absolute Gasteiger partial charge is 0.192 e. The fourth-order valence-corrected chi connectivity index (χ4v) is 2.33. The van der Waals surface area contributed by atoms with Gasteiger partial charge in [0, 0.05) is 9.58 Å². The van der Waals surface area contributed by atoms with E-state index in [9.17, 15) is 0 Å². The van der Waals surface area contributed by atoms with Crippen molar-refractivity contribution >= 4 is 21.4 Å². The molecule has 0 N–H and O–H groups in total. The Hall–Kier alpha value is -1.33. The van der Waals surface area contributed by atoms with Gasteiger partial charge in [0.15, 0.2) is 0 Å². The lowest BCUT2D eigenvalue weighted by Crippen LogP contribution is -1.70. The summed E-state index contributed by atoms with van der Waals surface area (Å²) in [4.78, 5) is 1.38. The Kier molecular flexibility index (Phi) is 2.03. The third-order valence-corrected chi connectivity index (χ3v) is 3.31. The fraction of sp³-hybridized carbons (Fsp3) is 0.182. The molecule has 0 aliphatic heterocycles. The Morgan fingerprint density at radius 3 is 2.92 bits per heavy atom. The molecule has 1 aromatic carbocycles. The topological polar surface area (TPSA) is 23.8 Å². The molecule has 2 heteroatoms. The van der Waals surface area contributed by atoms with Crippen LogP contribution >= 0.6 is 11.3 Å². The van der Waals surface area contributed by atoms with Gasteiger partial charge in [0.1, 0.15) is 0 Å². The number of fused-ring (bicyclic) bond motifs is 1. The van der Waals surface area contributed by atoms with E-state index in [-0.39, 0.29) is 0 Å². The van der Waals surface area contributed by atoms with Gasteiger partial charge in [-0.05, 0) is 36.1 Å². The van der Waals surface area contributed by atoms with Crippen LogP contribution in [0.15, 0.2) is 24.3 Å². The first-order valence-electron chi connectivity index (χ1n) is 4.26. The number of hydrogen-bond acceptors (Lipinski definition) is 2. The van der Waals surface area contributed by atoms with Crippen LogP contribution in [0.2, 0.25) is 0 Å². The van der Waals surface area contributed by atoms with Gasteiger partial charge in [-0.2, -0.15) is 5.26 Å². The molecule has 13 heavy (non-hydrogen) atoms. The summed E-state index contributed by atoms with van der Waals surface area (Å²) < 4.78 is 1.27. The number of nitriles is 1. The number of hydrogen-bond donors (Lipinski definition) is 0. The van der Waals surface area contributed by atoms with Crippen molar-refractivity contribution in [3.8, 4) is 6.07 Å². The molecule has 0 spiro atoms. The molecule has 1 nitrogen and oxygen atoms in total. The molecule has 0 saturated carbocycles. The first-order chi connectivity index (χ1) is 6.33. The molecule has 2 aromatic rings. The Balaban J connectivity index is 2.65. The van der Waals surface area contributed by atoms with E-state index >= 15 is 0 Å². The van der Waals surface area contributed by atoms with E-state index in [1.807, 2.05) is 29.5 Å². The highest BCUT2D eigenvalue weighted by atomic mass is 32.1. The summed E-state index contributed by atoms with van der Waals surface area (Å²) in [5.41, 5.74) is 0.743. The minimum absolute atomic E-state index is 0.743. The third kappa shape index (κ3) is 1.43. The van der Waals surface area contributed by atoms with Crippen LogP contribution in [0.1, 0.15) is 17.4 Å². The molecule has 0 fully saturated rings. The molecule has 0 atom stereocenters. The van der Waals surface area contributed by atoms with E-state index in [4.69, 9.17) is 5.26 Å². The predicted molar refractivity (Wildman–Crippen MR) is 55.9 cm³/mol. The summed E-state index contributed by atoms with van der Waals surface area (Å²) in [6.45, 7) is 2.15. The highest BCUT2D eigenvalue weighted by molar-refractivity contribution is 7.19. The van der Waals surface area contributed by atoms with Gasteiger partial charge in [-0.1, -0.05) is 6.92 Å². The SMILES string of the molecule is CCc1cc2cc(C#N)ccc2s1. The van der Waals surface area contributed by atoms with Crippen LogP contribution in [-0.2, 0) is 6.42 Å². The summed E-state index contributed by atoms with van der Waals surface area (Å²) in [6, 6.07) is 10.2. The van der Waals surface area contributed by atoms with Crippen molar-refractivity contribution in [2.75, 3.05) is 0 Å². The minimum Gasteiger partial charge on any atom is -0.192 e. The molecule has 2 rings (SSSR count). The van der Waals surface area contributed by atoms with E-state index in [2.05, 4.69) is 19.1 Å². The molecule has 0 radical (unpaired) electrons. The molecular weight excluding hydrogens is 178 g/mol. The number of rotatable bonds is 1. The van der Waals surface area contributed by atoms with Crippen LogP contribution in [0.25, 0.3) is 10.1 Å². The number of nitrogens with zero attached hydrogens (tertiary/aromatic N) is 1. The van der Waals surface area contributed by atoms with Crippen LogP contribution < -0.4 is 0 Å². The maximum atomic E-state index is 8.71. The summed E-state index contributed by atoms with van der Waals surface area (Å²) in [6.07, 6.45) is 1.07. The maximum Gasteiger partial charge on any atom is 0.0991 e. The highest BCUT2D eigenvalue weighted by Gasteiger charge is 2.00. The van der Waals surface area contributed by atoms with E-state index < -0.39 is 0 Å². The van der Waals surface area contributed by atoms with E-state index in [1.54, 1.807) is 0 Å². The third-order valence-electron chi connectivity index (χ3n) is 2.04. The number of aryl methyl sites for hydroxylation is 1. The fourth-order valence-electron chi connectivity index (χ4n) is 1.34. The zero-order valence-corrected chi connectivity index (χ0v) is 8.19. The average molecular weight is 187 g/mol. The van der Waals surface area contributed by atoms with Crippen molar-refractivity contribution in [1.82, 2.24) is 0 Å². The maximum absolute atomic E-state index is 8.71. The summed E-state index contributed by atoms with van der Waals surface area (Å²) in [5.74, 6) is 0. The monoisotopic (exact) mass is 187 g/mol. The van der Waals surface area contributed by atoms with Crippen molar-refractivity contribution in [1.29, 1.82) is 5.26 Å². The van der Waals surface area contributed by atoms with Crippen LogP contribution in [0, 0.1) is 11.3 Å². The number of benzene rings is 1. The Morgan fingerprint density at radius 2 is 2.23 bits per heavy atom. The lowest BCUT2D eigenvalue weighted by Gasteiger charge is -1.87. The average Bonchev–Trinajstić information content (AvgIpc) is 2.58. The normalized spacial score (nSPS) is 10.2. The Labute approximate surface area is 81.2 Å². The lowest BCUT2D eigenvalue weighted by molar-refractivity contribution is 1.19. The van der Waals surface area contributed by atoms with Crippen molar-refractivity contribution in [3.05, 3.63) is 34.7 Å². The van der Waals surface area contributed by atoms with Crippen LogP contribution in [-0.4, -0.2) is 0 Å². The molecule has 0 aliphatic carbocycles. The quantitative estimate of drug-likeness (QED) is 0.671. The number of thiophene rings is 1. The van der Waals surface area contributed by atoms with Gasteiger partial charge in [-0.3, -0.25) is 0 Å². The summed E-state index contributed by atoms with van der Waals surface area (Å²) in [7, 11) is 0. The van der Waals surface area contributed by atoms with Crippen molar-refractivity contribution in [3.63, 3.8) is 0 Å². The first-order valence-corrected chi connectivity index (χ1v) is 5.07. The van der Waals surface area contributed by atoms with Crippen molar-refractivity contribution < 1.29 is 0 Å². The zero-order chi connectivity index (χ0) is 9.26. The minimum atomic E-state index is 0.743. The summed E-state index contributed by atoms with van der Waals surface area (Å²) in [5, 5.41) is 9.91. The molecule has 1 heterocycles. The lowest BCUT2D eigenvalue weighted by atomic mass is 10.2. The van der Waals surface area contributed by atoms with Crippen molar-refractivity contribution in [2.24, 2.45) is 0 Å². The molecule has 0 bridgehead atoms. The smallest absolute Gasteiger partial charge is 0.0991 e. The van der Waals surface area contributed by atoms with E-state index in [1.165, 1.54) is 15.0 Å². The predicted octanol–water partition coefficient (Wildman–Crippen LogP) is 3.34. The van der Waals surface area contributed by atoms with Gasteiger partial charge in [-0.25, -0.2) is 0 Å².